The monoisotopic (exact) mass is 622 g/mol. The zero-order valence-corrected chi connectivity index (χ0v) is 24.3. The van der Waals surface area contributed by atoms with E-state index in [-0.39, 0.29) is 19.5 Å². The van der Waals surface area contributed by atoms with Gasteiger partial charge < -0.3 is 4.90 Å². The van der Waals surface area contributed by atoms with Crippen molar-refractivity contribution in [2.24, 2.45) is 0 Å². The molecule has 0 bridgehead atoms. The van der Waals surface area contributed by atoms with E-state index in [1.807, 2.05) is 27.8 Å². The molecule has 15 heteroatoms. The van der Waals surface area contributed by atoms with Crippen molar-refractivity contribution in [1.82, 2.24) is 4.72 Å². The zero-order valence-electron chi connectivity index (χ0n) is 19.5. The lowest BCUT2D eigenvalue weighted by Gasteiger charge is -2.21. The molecule has 0 spiro atoms. The van der Waals surface area contributed by atoms with Gasteiger partial charge >= 0.3 is 0 Å². The summed E-state index contributed by atoms with van der Waals surface area (Å²) in [5.41, 5.74) is 1.44. The van der Waals surface area contributed by atoms with Crippen molar-refractivity contribution in [3.05, 3.63) is 56.5 Å². The predicted octanol–water partition coefficient (Wildman–Crippen LogP) is 4.15. The molecule has 37 heavy (non-hydrogen) atoms. The van der Waals surface area contributed by atoms with E-state index in [0.29, 0.717) is 20.6 Å². The van der Waals surface area contributed by atoms with Crippen LogP contribution in [0.4, 0.5) is 5.69 Å². The highest BCUT2D eigenvalue weighted by molar-refractivity contribution is 8.04. The summed E-state index contributed by atoms with van der Waals surface area (Å²) in [6.45, 7) is 1.44. The summed E-state index contributed by atoms with van der Waals surface area (Å²) in [4.78, 5) is 15.3. The molecular formula is C22H22Cl2N3O6S4+. The molecule has 1 unspecified atom stereocenters. The van der Waals surface area contributed by atoms with Gasteiger partial charge in [-0.1, -0.05) is 46.3 Å². The highest BCUT2D eigenvalue weighted by atomic mass is 35.5. The van der Waals surface area contributed by atoms with Gasteiger partial charge in [0.25, 0.3) is 21.0 Å². The van der Waals surface area contributed by atoms with Crippen LogP contribution in [0.2, 0.25) is 10.0 Å². The van der Waals surface area contributed by atoms with Crippen molar-refractivity contribution in [3.63, 3.8) is 0 Å². The van der Waals surface area contributed by atoms with Crippen LogP contribution >= 0.6 is 46.3 Å². The minimum absolute atomic E-state index is 0.154. The second-order valence-corrected chi connectivity index (χ2v) is 15.0. The number of carbonyl (C=O) groups excluding carboxylic acids is 1. The van der Waals surface area contributed by atoms with E-state index >= 15 is 0 Å². The SMILES string of the molecule is CC(CCN1C(=Cc2sc3ccc(Cl)cc3[n+]2CC(=O)NS(C)(=O)=O)Sc2ccc(Cl)cc21)S(=O)(=O)O. The van der Waals surface area contributed by atoms with Crippen LogP contribution in [-0.2, 0) is 31.5 Å². The molecule has 1 aliphatic rings. The Morgan fingerprint density at radius 3 is 2.51 bits per heavy atom. The maximum atomic E-state index is 12.5. The molecule has 1 amide bonds. The predicted molar refractivity (Wildman–Crippen MR) is 148 cm³/mol. The Labute approximate surface area is 232 Å². The summed E-state index contributed by atoms with van der Waals surface area (Å²) in [6.07, 6.45) is 2.91. The zero-order chi connectivity index (χ0) is 27.1. The van der Waals surface area contributed by atoms with E-state index in [4.69, 9.17) is 23.2 Å². The minimum Gasteiger partial charge on any atom is -0.335 e. The van der Waals surface area contributed by atoms with Gasteiger partial charge in [0, 0.05) is 27.6 Å². The first-order chi connectivity index (χ1) is 17.2. The van der Waals surface area contributed by atoms with E-state index < -0.39 is 31.3 Å². The molecule has 0 fully saturated rings. The van der Waals surface area contributed by atoms with Crippen LogP contribution in [0.3, 0.4) is 0 Å². The number of nitrogens with one attached hydrogen (secondary N) is 1. The molecule has 0 radical (unpaired) electrons. The Balaban J connectivity index is 1.78. The summed E-state index contributed by atoms with van der Waals surface area (Å²) in [5.74, 6) is -0.709. The molecule has 2 N–H and O–H groups in total. The largest absolute Gasteiger partial charge is 0.335 e. The van der Waals surface area contributed by atoms with Gasteiger partial charge in [0.05, 0.1) is 28.3 Å². The molecule has 1 atom stereocenters. The number of amides is 1. The van der Waals surface area contributed by atoms with E-state index in [9.17, 15) is 26.2 Å². The van der Waals surface area contributed by atoms with Gasteiger partial charge in [-0.3, -0.25) is 9.35 Å². The lowest BCUT2D eigenvalue weighted by molar-refractivity contribution is -0.655. The molecule has 2 aromatic carbocycles. The van der Waals surface area contributed by atoms with Gasteiger partial charge in [-0.15, -0.1) is 0 Å². The third-order valence-electron chi connectivity index (χ3n) is 5.50. The summed E-state index contributed by atoms with van der Waals surface area (Å²) in [7, 11) is -7.95. The summed E-state index contributed by atoms with van der Waals surface area (Å²) >= 11 is 15.3. The molecule has 9 nitrogen and oxygen atoms in total. The first-order valence-corrected chi connectivity index (χ1v) is 16.5. The number of nitrogens with zero attached hydrogens (tertiary/aromatic N) is 2. The second-order valence-electron chi connectivity index (χ2n) is 8.40. The van der Waals surface area contributed by atoms with Crippen molar-refractivity contribution in [1.29, 1.82) is 0 Å². The van der Waals surface area contributed by atoms with E-state index in [1.165, 1.54) is 30.0 Å². The average Bonchev–Trinajstić information content (AvgIpc) is 3.27. The maximum Gasteiger partial charge on any atom is 0.299 e. The van der Waals surface area contributed by atoms with Crippen LogP contribution in [0, 0.1) is 0 Å². The van der Waals surface area contributed by atoms with E-state index in [0.717, 1.165) is 26.6 Å². The first kappa shape index (κ1) is 28.1. The van der Waals surface area contributed by atoms with Crippen molar-refractivity contribution < 1.29 is 30.7 Å². The maximum absolute atomic E-state index is 12.5. The number of hydrogen-bond donors (Lipinski definition) is 2. The van der Waals surface area contributed by atoms with Crippen LogP contribution in [0.25, 0.3) is 16.3 Å². The van der Waals surface area contributed by atoms with E-state index in [2.05, 4.69) is 0 Å². The Bertz CT molecular complexity index is 1640. The molecule has 3 aromatic rings. The molecule has 1 aliphatic heterocycles. The fourth-order valence-electron chi connectivity index (χ4n) is 3.71. The highest BCUT2D eigenvalue weighted by Gasteiger charge is 2.30. The molecule has 0 saturated carbocycles. The normalized spacial score (nSPS) is 15.8. The standard InChI is InChI=1S/C22H21Cl2N3O6S4/c1-13(37(31,32)33)7-8-26-16-9-14(23)3-5-18(16)34-21(26)11-22-27(12-20(28)25-36(2,29)30)17-10-15(24)4-6-19(17)35-22/h3-6,9-11,13H,7-8,12H2,1-2H3,(H-,25,28,31,32,33)/p+1. The second kappa shape index (κ2) is 10.7. The van der Waals surface area contributed by atoms with Gasteiger partial charge in [0.15, 0.2) is 0 Å². The number of hydrogen-bond acceptors (Lipinski definition) is 8. The Hall–Kier alpha value is -1.87. The smallest absolute Gasteiger partial charge is 0.299 e. The molecule has 4 rings (SSSR count). The number of sulfonamides is 1. The number of rotatable bonds is 8. The molecular weight excluding hydrogens is 601 g/mol. The molecule has 198 valence electrons. The summed E-state index contributed by atoms with van der Waals surface area (Å²) < 4.78 is 60.3. The third-order valence-corrected chi connectivity index (χ3v) is 10.0. The van der Waals surface area contributed by atoms with Crippen molar-refractivity contribution >= 4 is 94.3 Å². The first-order valence-electron chi connectivity index (χ1n) is 10.8. The third kappa shape index (κ3) is 6.77. The summed E-state index contributed by atoms with van der Waals surface area (Å²) in [5, 5.41) is 1.39. The van der Waals surface area contributed by atoms with Gasteiger partial charge in [-0.05, 0) is 43.7 Å². The molecule has 1 aromatic heterocycles. The van der Waals surface area contributed by atoms with Crippen LogP contribution in [0.5, 0.6) is 0 Å². The van der Waals surface area contributed by atoms with Gasteiger partial charge in [-0.25, -0.2) is 13.1 Å². The Morgan fingerprint density at radius 1 is 1.16 bits per heavy atom. The van der Waals surface area contributed by atoms with Crippen LogP contribution in [-0.4, -0.2) is 45.3 Å². The number of fused-ring (bicyclic) bond motifs is 2. The molecule has 0 aliphatic carbocycles. The Kier molecular flexibility index (Phi) is 8.15. The van der Waals surface area contributed by atoms with Crippen LogP contribution in [0.1, 0.15) is 18.4 Å². The number of aromatic nitrogens is 1. The number of benzene rings is 2. The van der Waals surface area contributed by atoms with Crippen molar-refractivity contribution in [3.8, 4) is 0 Å². The summed E-state index contributed by atoms with van der Waals surface area (Å²) in [6, 6.07) is 10.6. The number of thiazole rings is 1. The van der Waals surface area contributed by atoms with Crippen molar-refractivity contribution in [2.45, 2.75) is 30.0 Å². The number of halogens is 2. The number of thioether (sulfide) groups is 1. The quantitative estimate of drug-likeness (QED) is 0.283. The lowest BCUT2D eigenvalue weighted by Crippen LogP contribution is -2.45. The fraction of sp³-hybridized carbons (Fsp3) is 0.273. The number of carbonyl (C=O) groups is 1. The molecule has 2 heterocycles. The highest BCUT2D eigenvalue weighted by Crippen LogP contribution is 2.48. The van der Waals surface area contributed by atoms with Crippen LogP contribution in [0.15, 0.2) is 46.3 Å². The fourth-order valence-corrected chi connectivity index (χ4v) is 7.18. The van der Waals surface area contributed by atoms with Crippen molar-refractivity contribution in [2.75, 3.05) is 17.7 Å². The Morgan fingerprint density at radius 2 is 1.84 bits per heavy atom. The van der Waals surface area contributed by atoms with Gasteiger partial charge in [0.2, 0.25) is 22.1 Å². The average molecular weight is 624 g/mol. The lowest BCUT2D eigenvalue weighted by atomic mass is 10.2. The van der Waals surface area contributed by atoms with Gasteiger partial charge in [0.1, 0.15) is 4.70 Å². The van der Waals surface area contributed by atoms with E-state index in [1.54, 1.807) is 28.8 Å². The minimum atomic E-state index is -4.20. The van der Waals surface area contributed by atoms with Crippen LogP contribution < -0.4 is 14.2 Å². The number of anilines is 1. The topological polar surface area (TPSA) is 125 Å². The molecule has 0 saturated heterocycles. The van der Waals surface area contributed by atoms with Gasteiger partial charge in [-0.2, -0.15) is 13.0 Å².